The zero-order valence-electron chi connectivity index (χ0n) is 14.3. The lowest BCUT2D eigenvalue weighted by Gasteiger charge is -2.32. The van der Waals surface area contributed by atoms with Gasteiger partial charge in [-0.15, -0.1) is 0 Å². The van der Waals surface area contributed by atoms with Gasteiger partial charge in [-0.2, -0.15) is 0 Å². The van der Waals surface area contributed by atoms with Gasteiger partial charge < -0.3 is 14.2 Å². The lowest BCUT2D eigenvalue weighted by Crippen LogP contribution is -2.41. The molecule has 0 aromatic heterocycles. The van der Waals surface area contributed by atoms with Crippen LogP contribution in [0.1, 0.15) is 52.5 Å². The van der Waals surface area contributed by atoms with E-state index in [9.17, 15) is 4.79 Å². The smallest absolute Gasteiger partial charge is 0.399 e. The predicted molar refractivity (Wildman–Crippen MR) is 88.6 cm³/mol. The van der Waals surface area contributed by atoms with E-state index in [1.54, 1.807) is 4.90 Å². The molecule has 3 rings (SSSR count). The van der Waals surface area contributed by atoms with Gasteiger partial charge in [-0.1, -0.05) is 19.1 Å². The highest BCUT2D eigenvalue weighted by Gasteiger charge is 2.52. The molecule has 0 aliphatic carbocycles. The highest BCUT2D eigenvalue weighted by molar-refractivity contribution is 6.62. The average molecular weight is 301 g/mol. The predicted octanol–water partition coefficient (Wildman–Crippen LogP) is 2.46. The third-order valence-corrected chi connectivity index (χ3v) is 5.35. The van der Waals surface area contributed by atoms with Crippen LogP contribution in [0.5, 0.6) is 0 Å². The summed E-state index contributed by atoms with van der Waals surface area (Å²) in [7, 11) is 1.46. The Morgan fingerprint density at radius 1 is 1.18 bits per heavy atom. The maximum Gasteiger partial charge on any atom is 0.494 e. The van der Waals surface area contributed by atoms with Gasteiger partial charge in [-0.3, -0.25) is 4.79 Å². The average Bonchev–Trinajstić information content (AvgIpc) is 2.81. The Morgan fingerprint density at radius 2 is 1.77 bits per heavy atom. The second-order valence-electron chi connectivity index (χ2n) is 7.26. The van der Waals surface area contributed by atoms with Gasteiger partial charge in [0.2, 0.25) is 5.91 Å². The summed E-state index contributed by atoms with van der Waals surface area (Å²) in [6.07, 6.45) is 0.809. The number of rotatable bonds is 2. The number of carbonyl (C=O) groups excluding carboxylic acids is 1. The van der Waals surface area contributed by atoms with Crippen LogP contribution in [0, 0.1) is 0 Å². The van der Waals surface area contributed by atoms with Gasteiger partial charge in [-0.05, 0) is 51.2 Å². The summed E-state index contributed by atoms with van der Waals surface area (Å²) < 4.78 is 12.2. The molecule has 1 aromatic rings. The van der Waals surface area contributed by atoms with Gasteiger partial charge in [0.25, 0.3) is 0 Å². The normalized spacial score (nSPS) is 25.7. The standard InChI is InChI=1S/C17H24BNO3/c1-7-12-13-10-11(8-9-14(13)19(6)15(12)20)18-21-16(2,3)17(4,5)22-18/h8-10,12H,7H2,1-6H3. The number of carbonyl (C=O) groups is 1. The molecule has 22 heavy (non-hydrogen) atoms. The summed E-state index contributed by atoms with van der Waals surface area (Å²) in [5.74, 6) is 0.117. The minimum atomic E-state index is -0.381. The van der Waals surface area contributed by atoms with Crippen molar-refractivity contribution < 1.29 is 14.1 Å². The molecule has 0 radical (unpaired) electrons. The van der Waals surface area contributed by atoms with E-state index >= 15 is 0 Å². The minimum Gasteiger partial charge on any atom is -0.399 e. The van der Waals surface area contributed by atoms with Gasteiger partial charge in [0.1, 0.15) is 0 Å². The van der Waals surface area contributed by atoms with Crippen molar-refractivity contribution in [3.05, 3.63) is 23.8 Å². The zero-order valence-corrected chi connectivity index (χ0v) is 14.3. The Labute approximate surface area is 132 Å². The molecule has 1 saturated heterocycles. The van der Waals surface area contributed by atoms with Crippen molar-refractivity contribution in [2.24, 2.45) is 0 Å². The van der Waals surface area contributed by atoms with E-state index in [-0.39, 0.29) is 30.1 Å². The van der Waals surface area contributed by atoms with Gasteiger partial charge in [-0.25, -0.2) is 0 Å². The molecular weight excluding hydrogens is 277 g/mol. The second-order valence-corrected chi connectivity index (χ2v) is 7.26. The Kier molecular flexibility index (Phi) is 3.42. The number of nitrogens with zero attached hydrogens (tertiary/aromatic N) is 1. The van der Waals surface area contributed by atoms with Crippen LogP contribution in [-0.2, 0) is 14.1 Å². The van der Waals surface area contributed by atoms with Crippen molar-refractivity contribution in [1.82, 2.24) is 0 Å². The van der Waals surface area contributed by atoms with Crippen LogP contribution in [0.15, 0.2) is 18.2 Å². The molecule has 2 aliphatic rings. The lowest BCUT2D eigenvalue weighted by molar-refractivity contribution is -0.119. The summed E-state index contributed by atoms with van der Waals surface area (Å²) in [5.41, 5.74) is 2.36. The molecule has 2 aliphatic heterocycles. The molecule has 0 saturated carbocycles. The van der Waals surface area contributed by atoms with E-state index in [1.807, 2.05) is 53.8 Å². The quantitative estimate of drug-likeness (QED) is 0.788. The molecule has 1 atom stereocenters. The fraction of sp³-hybridized carbons (Fsp3) is 0.588. The molecule has 0 N–H and O–H groups in total. The molecule has 0 bridgehead atoms. The Hall–Kier alpha value is -1.33. The minimum absolute atomic E-state index is 0.0534. The number of anilines is 1. The molecule has 5 heteroatoms. The van der Waals surface area contributed by atoms with Gasteiger partial charge in [0, 0.05) is 12.7 Å². The molecule has 2 heterocycles. The van der Waals surface area contributed by atoms with Crippen LogP contribution in [0.4, 0.5) is 5.69 Å². The molecule has 1 unspecified atom stereocenters. The molecule has 1 fully saturated rings. The largest absolute Gasteiger partial charge is 0.494 e. The molecule has 4 nitrogen and oxygen atoms in total. The van der Waals surface area contributed by atoms with Crippen molar-refractivity contribution in [2.45, 2.75) is 58.2 Å². The highest BCUT2D eigenvalue weighted by Crippen LogP contribution is 2.39. The summed E-state index contributed by atoms with van der Waals surface area (Å²) >= 11 is 0. The van der Waals surface area contributed by atoms with Crippen molar-refractivity contribution in [3.8, 4) is 0 Å². The fourth-order valence-corrected chi connectivity index (χ4v) is 3.16. The molecule has 118 valence electrons. The number of hydrogen-bond acceptors (Lipinski definition) is 3. The molecule has 1 aromatic carbocycles. The first-order valence-corrected chi connectivity index (χ1v) is 7.95. The van der Waals surface area contributed by atoms with E-state index in [0.29, 0.717) is 0 Å². The van der Waals surface area contributed by atoms with E-state index < -0.39 is 0 Å². The van der Waals surface area contributed by atoms with Gasteiger partial charge in [0.15, 0.2) is 0 Å². The first kappa shape index (κ1) is 15.6. The zero-order chi connectivity index (χ0) is 16.3. The summed E-state index contributed by atoms with van der Waals surface area (Å²) in [6, 6.07) is 6.08. The van der Waals surface area contributed by atoms with Crippen molar-refractivity contribution in [3.63, 3.8) is 0 Å². The van der Waals surface area contributed by atoms with Crippen molar-refractivity contribution in [2.75, 3.05) is 11.9 Å². The monoisotopic (exact) mass is 301 g/mol. The maximum atomic E-state index is 12.3. The molecular formula is C17H24BNO3. The third kappa shape index (κ3) is 2.10. The van der Waals surface area contributed by atoms with Crippen LogP contribution in [-0.4, -0.2) is 31.3 Å². The highest BCUT2D eigenvalue weighted by atomic mass is 16.7. The Bertz CT molecular complexity index is 610. The van der Waals surface area contributed by atoms with E-state index in [4.69, 9.17) is 9.31 Å². The summed E-state index contributed by atoms with van der Waals surface area (Å²) in [6.45, 7) is 10.2. The Balaban J connectivity index is 1.96. The second kappa shape index (κ2) is 4.83. The van der Waals surface area contributed by atoms with E-state index in [2.05, 4.69) is 6.07 Å². The van der Waals surface area contributed by atoms with Gasteiger partial charge in [0.05, 0.1) is 17.1 Å². The van der Waals surface area contributed by atoms with Gasteiger partial charge >= 0.3 is 7.12 Å². The maximum absolute atomic E-state index is 12.3. The van der Waals surface area contributed by atoms with Crippen LogP contribution in [0.2, 0.25) is 0 Å². The van der Waals surface area contributed by atoms with E-state index in [1.165, 1.54) is 0 Å². The summed E-state index contributed by atoms with van der Waals surface area (Å²) in [4.78, 5) is 14.0. The van der Waals surface area contributed by atoms with Crippen LogP contribution in [0.25, 0.3) is 0 Å². The first-order chi connectivity index (χ1) is 10.2. The third-order valence-electron chi connectivity index (χ3n) is 5.35. The number of fused-ring (bicyclic) bond motifs is 1. The lowest BCUT2D eigenvalue weighted by atomic mass is 9.77. The number of likely N-dealkylation sites (N-methyl/N-ethyl adjacent to an activating group) is 1. The number of benzene rings is 1. The molecule has 0 spiro atoms. The fourth-order valence-electron chi connectivity index (χ4n) is 3.16. The number of hydrogen-bond donors (Lipinski definition) is 0. The van der Waals surface area contributed by atoms with Crippen LogP contribution >= 0.6 is 0 Å². The topological polar surface area (TPSA) is 38.8 Å². The SMILES string of the molecule is CCC1C(=O)N(C)c2ccc(B3OC(C)(C)C(C)(C)O3)cc21. The summed E-state index contributed by atoms with van der Waals surface area (Å²) in [5, 5.41) is 0. The van der Waals surface area contributed by atoms with E-state index in [0.717, 1.165) is 23.1 Å². The molecule has 1 amide bonds. The first-order valence-electron chi connectivity index (χ1n) is 7.95. The van der Waals surface area contributed by atoms with Crippen molar-refractivity contribution >= 4 is 24.2 Å². The Morgan fingerprint density at radius 3 is 2.32 bits per heavy atom. The van der Waals surface area contributed by atoms with Crippen LogP contribution < -0.4 is 10.4 Å². The van der Waals surface area contributed by atoms with Crippen LogP contribution in [0.3, 0.4) is 0 Å². The number of amides is 1. The van der Waals surface area contributed by atoms with Crippen molar-refractivity contribution in [1.29, 1.82) is 0 Å².